The van der Waals surface area contributed by atoms with Crippen molar-refractivity contribution in [1.82, 2.24) is 0 Å². The van der Waals surface area contributed by atoms with E-state index in [0.717, 1.165) is 22.3 Å². The number of benzene rings is 2. The van der Waals surface area contributed by atoms with Crippen molar-refractivity contribution in [2.24, 2.45) is 0 Å². The number of carboxylic acids is 1. The maximum atomic E-state index is 11.5. The number of aryl methyl sites for hydroxylation is 3. The second kappa shape index (κ2) is 6.44. The van der Waals surface area contributed by atoms with Crippen LogP contribution in [0.5, 0.6) is 5.75 Å². The van der Waals surface area contributed by atoms with Gasteiger partial charge in [0.2, 0.25) is 0 Å². The highest BCUT2D eigenvalue weighted by atomic mass is 16.5. The van der Waals surface area contributed by atoms with Crippen LogP contribution in [0.25, 0.3) is 0 Å². The van der Waals surface area contributed by atoms with Crippen molar-refractivity contribution >= 4 is 5.97 Å². The minimum absolute atomic E-state index is 0.358. The first kappa shape index (κ1) is 15.1. The van der Waals surface area contributed by atoms with Gasteiger partial charge in [-0.05, 0) is 49.6 Å². The molecule has 0 aliphatic carbocycles. The molecule has 3 nitrogen and oxygen atoms in total. The summed E-state index contributed by atoms with van der Waals surface area (Å²) in [6.07, 6.45) is -0.524. The Hall–Kier alpha value is -2.29. The van der Waals surface area contributed by atoms with Crippen LogP contribution in [0.15, 0.2) is 42.5 Å². The van der Waals surface area contributed by atoms with E-state index in [-0.39, 0.29) is 0 Å². The fourth-order valence-corrected chi connectivity index (χ4v) is 2.25. The average molecular weight is 284 g/mol. The monoisotopic (exact) mass is 284 g/mol. The van der Waals surface area contributed by atoms with Crippen LogP contribution < -0.4 is 4.74 Å². The van der Waals surface area contributed by atoms with E-state index in [1.54, 1.807) is 6.07 Å². The normalized spacial score (nSPS) is 12.0. The molecular formula is C18H20O3. The Labute approximate surface area is 125 Å². The van der Waals surface area contributed by atoms with Gasteiger partial charge in [-0.2, -0.15) is 0 Å². The van der Waals surface area contributed by atoms with E-state index in [1.165, 1.54) is 0 Å². The van der Waals surface area contributed by atoms with Crippen molar-refractivity contribution in [3.05, 3.63) is 64.7 Å². The van der Waals surface area contributed by atoms with Crippen molar-refractivity contribution in [3.8, 4) is 5.75 Å². The summed E-state index contributed by atoms with van der Waals surface area (Å²) in [5.41, 5.74) is 4.26. The van der Waals surface area contributed by atoms with E-state index in [4.69, 9.17) is 4.74 Å². The summed E-state index contributed by atoms with van der Waals surface area (Å²) in [5.74, 6) is -0.356. The van der Waals surface area contributed by atoms with Crippen LogP contribution in [-0.4, -0.2) is 17.2 Å². The van der Waals surface area contributed by atoms with Gasteiger partial charge in [0.15, 0.2) is 6.10 Å². The van der Waals surface area contributed by atoms with Crippen LogP contribution in [-0.2, 0) is 11.2 Å². The van der Waals surface area contributed by atoms with Crippen molar-refractivity contribution in [2.45, 2.75) is 33.3 Å². The minimum Gasteiger partial charge on any atom is -0.478 e. The highest BCUT2D eigenvalue weighted by Crippen LogP contribution is 2.18. The lowest BCUT2D eigenvalue weighted by Crippen LogP contribution is -2.29. The molecule has 0 saturated heterocycles. The first-order chi connectivity index (χ1) is 9.95. The quantitative estimate of drug-likeness (QED) is 0.911. The third-order valence-corrected chi connectivity index (χ3v) is 3.45. The van der Waals surface area contributed by atoms with Crippen LogP contribution in [0.4, 0.5) is 0 Å². The fourth-order valence-electron chi connectivity index (χ4n) is 2.25. The molecule has 0 aliphatic rings. The lowest BCUT2D eigenvalue weighted by atomic mass is 10.00. The Morgan fingerprint density at radius 3 is 2.48 bits per heavy atom. The van der Waals surface area contributed by atoms with Crippen molar-refractivity contribution < 1.29 is 14.6 Å². The number of hydrogen-bond acceptors (Lipinski definition) is 2. The molecule has 2 aromatic rings. The fraction of sp³-hybridized carbons (Fsp3) is 0.278. The Morgan fingerprint density at radius 1 is 1.10 bits per heavy atom. The van der Waals surface area contributed by atoms with Gasteiger partial charge in [0.1, 0.15) is 5.75 Å². The van der Waals surface area contributed by atoms with Gasteiger partial charge < -0.3 is 9.84 Å². The van der Waals surface area contributed by atoms with E-state index >= 15 is 0 Å². The molecule has 110 valence electrons. The lowest BCUT2D eigenvalue weighted by molar-refractivity contribution is -0.145. The molecule has 0 radical (unpaired) electrons. The molecule has 0 amide bonds. The van der Waals surface area contributed by atoms with Gasteiger partial charge in [0, 0.05) is 6.42 Å². The van der Waals surface area contributed by atoms with Crippen molar-refractivity contribution in [3.63, 3.8) is 0 Å². The summed E-state index contributed by atoms with van der Waals surface area (Å²) in [4.78, 5) is 11.5. The van der Waals surface area contributed by atoms with E-state index < -0.39 is 12.1 Å². The van der Waals surface area contributed by atoms with Gasteiger partial charge in [-0.15, -0.1) is 0 Å². The maximum Gasteiger partial charge on any atom is 0.345 e. The average Bonchev–Trinajstić information content (AvgIpc) is 2.42. The predicted molar refractivity (Wildman–Crippen MR) is 82.9 cm³/mol. The van der Waals surface area contributed by atoms with Crippen molar-refractivity contribution in [2.75, 3.05) is 0 Å². The Balaban J connectivity index is 2.20. The first-order valence-electron chi connectivity index (χ1n) is 6.98. The van der Waals surface area contributed by atoms with Crippen LogP contribution in [0.3, 0.4) is 0 Å². The molecule has 0 aromatic heterocycles. The molecular weight excluding hydrogens is 264 g/mol. The third-order valence-electron chi connectivity index (χ3n) is 3.45. The van der Waals surface area contributed by atoms with Gasteiger partial charge in [0.25, 0.3) is 0 Å². The summed E-state index contributed by atoms with van der Waals surface area (Å²) in [6.45, 7) is 5.94. The zero-order chi connectivity index (χ0) is 15.4. The molecule has 1 atom stereocenters. The smallest absolute Gasteiger partial charge is 0.345 e. The van der Waals surface area contributed by atoms with Gasteiger partial charge in [-0.3, -0.25) is 0 Å². The Morgan fingerprint density at radius 2 is 1.81 bits per heavy atom. The Bertz CT molecular complexity index is 647. The molecule has 0 bridgehead atoms. The lowest BCUT2D eigenvalue weighted by Gasteiger charge is -2.17. The molecule has 21 heavy (non-hydrogen) atoms. The Kier molecular flexibility index (Phi) is 4.63. The maximum absolute atomic E-state index is 11.5. The summed E-state index contributed by atoms with van der Waals surface area (Å²) in [5, 5.41) is 9.40. The van der Waals surface area contributed by atoms with Crippen LogP contribution in [0.2, 0.25) is 0 Å². The molecule has 0 fully saturated rings. The minimum atomic E-state index is -0.947. The first-order valence-corrected chi connectivity index (χ1v) is 6.98. The summed E-state index contributed by atoms with van der Waals surface area (Å²) >= 11 is 0. The molecule has 0 spiro atoms. The molecule has 3 heteroatoms. The summed E-state index contributed by atoms with van der Waals surface area (Å²) < 4.78 is 5.66. The standard InChI is InChI=1S/C18H20O3/c1-12-5-4-6-16(10-12)21-17(18(19)20)11-15-9-13(2)7-8-14(15)3/h4-10,17H,11H2,1-3H3,(H,19,20)/t17-/m0/s1. The van der Waals surface area contributed by atoms with Crippen molar-refractivity contribution in [1.29, 1.82) is 0 Å². The van der Waals surface area contributed by atoms with Crippen LogP contribution in [0.1, 0.15) is 22.3 Å². The summed E-state index contributed by atoms with van der Waals surface area (Å²) in [7, 11) is 0. The van der Waals surface area contributed by atoms with E-state index in [9.17, 15) is 9.90 Å². The molecule has 0 unspecified atom stereocenters. The largest absolute Gasteiger partial charge is 0.478 e. The number of rotatable bonds is 5. The van der Waals surface area contributed by atoms with Crippen LogP contribution in [0, 0.1) is 20.8 Å². The SMILES string of the molecule is Cc1cccc(O[C@@H](Cc2cc(C)ccc2C)C(=O)O)c1. The van der Waals surface area contributed by atoms with E-state index in [2.05, 4.69) is 0 Å². The van der Waals surface area contributed by atoms with Gasteiger partial charge in [-0.1, -0.05) is 35.9 Å². The molecule has 0 aliphatic heterocycles. The predicted octanol–water partition coefficient (Wildman–Crippen LogP) is 3.69. The van der Waals surface area contributed by atoms with Gasteiger partial charge >= 0.3 is 5.97 Å². The highest BCUT2D eigenvalue weighted by molar-refractivity contribution is 5.73. The summed E-state index contributed by atoms with van der Waals surface area (Å²) in [6, 6.07) is 13.5. The molecule has 0 saturated carbocycles. The van der Waals surface area contributed by atoms with Crippen LogP contribution >= 0.6 is 0 Å². The molecule has 0 heterocycles. The number of carbonyl (C=O) groups is 1. The topological polar surface area (TPSA) is 46.5 Å². The second-order valence-corrected chi connectivity index (χ2v) is 5.40. The van der Waals surface area contributed by atoms with E-state index in [0.29, 0.717) is 12.2 Å². The number of ether oxygens (including phenoxy) is 1. The molecule has 1 N–H and O–H groups in total. The third kappa shape index (κ3) is 4.09. The molecule has 2 aromatic carbocycles. The molecule has 2 rings (SSSR count). The van der Waals surface area contributed by atoms with E-state index in [1.807, 2.05) is 57.2 Å². The number of aliphatic carboxylic acids is 1. The zero-order valence-electron chi connectivity index (χ0n) is 12.6. The second-order valence-electron chi connectivity index (χ2n) is 5.40. The number of carboxylic acid groups (broad SMARTS) is 1. The zero-order valence-corrected chi connectivity index (χ0v) is 12.6. The van der Waals surface area contributed by atoms with Gasteiger partial charge in [-0.25, -0.2) is 4.79 Å². The highest BCUT2D eigenvalue weighted by Gasteiger charge is 2.21. The van der Waals surface area contributed by atoms with Gasteiger partial charge in [0.05, 0.1) is 0 Å². The number of hydrogen-bond donors (Lipinski definition) is 1.